The normalized spacial score (nSPS) is 10.5. The van der Waals surface area contributed by atoms with Crippen molar-refractivity contribution in [2.24, 2.45) is 0 Å². The summed E-state index contributed by atoms with van der Waals surface area (Å²) in [5, 5.41) is 12.3. The lowest BCUT2D eigenvalue weighted by molar-refractivity contribution is 0.282. The van der Waals surface area contributed by atoms with Crippen molar-refractivity contribution in [2.45, 2.75) is 19.7 Å². The molecule has 0 radical (unpaired) electrons. The number of hydrogen-bond donors (Lipinski definition) is 3. The molecule has 0 aliphatic carbocycles. The van der Waals surface area contributed by atoms with Gasteiger partial charge in [-0.2, -0.15) is 0 Å². The van der Waals surface area contributed by atoms with Crippen molar-refractivity contribution in [2.75, 3.05) is 5.73 Å². The number of nitrogens with one attached hydrogen (secondary N) is 1. The summed E-state index contributed by atoms with van der Waals surface area (Å²) in [6.07, 6.45) is 0. The van der Waals surface area contributed by atoms with Crippen molar-refractivity contribution >= 4 is 5.69 Å². The number of nitrogen functional groups attached to an aromatic ring is 1. The molecular formula is C15H18N2O. The molecule has 0 fully saturated rings. The average Bonchev–Trinajstić information content (AvgIpc) is 2.42. The summed E-state index contributed by atoms with van der Waals surface area (Å²) in [5.41, 5.74) is 9.79. The topological polar surface area (TPSA) is 58.3 Å². The summed E-state index contributed by atoms with van der Waals surface area (Å²) < 4.78 is 0. The maximum absolute atomic E-state index is 8.95. The Hall–Kier alpha value is -1.84. The lowest BCUT2D eigenvalue weighted by Crippen LogP contribution is -2.12. The minimum Gasteiger partial charge on any atom is -0.399 e. The minimum atomic E-state index is 0.0964. The van der Waals surface area contributed by atoms with Crippen LogP contribution in [0.1, 0.15) is 16.7 Å². The maximum atomic E-state index is 8.95. The van der Waals surface area contributed by atoms with Gasteiger partial charge in [0.05, 0.1) is 6.61 Å². The second-order valence-electron chi connectivity index (χ2n) is 4.32. The van der Waals surface area contributed by atoms with Gasteiger partial charge in [-0.1, -0.05) is 36.4 Å². The minimum absolute atomic E-state index is 0.0964. The molecule has 4 N–H and O–H groups in total. The molecule has 0 heterocycles. The highest BCUT2D eigenvalue weighted by molar-refractivity contribution is 5.39. The van der Waals surface area contributed by atoms with Crippen molar-refractivity contribution in [3.8, 4) is 0 Å². The van der Waals surface area contributed by atoms with E-state index < -0.39 is 0 Å². The Balaban J connectivity index is 1.82. The van der Waals surface area contributed by atoms with Crippen LogP contribution in [0.4, 0.5) is 5.69 Å². The molecule has 0 aliphatic heterocycles. The van der Waals surface area contributed by atoms with E-state index >= 15 is 0 Å². The standard InChI is InChI=1S/C15H18N2O/c16-15-7-5-13(6-8-15)10-17-9-12-1-3-14(11-18)4-2-12/h1-8,17-18H,9-11,16H2. The Kier molecular flexibility index (Phi) is 4.34. The summed E-state index contributed by atoms with van der Waals surface area (Å²) in [4.78, 5) is 0. The van der Waals surface area contributed by atoms with Gasteiger partial charge in [0.15, 0.2) is 0 Å². The number of aliphatic hydroxyl groups excluding tert-OH is 1. The van der Waals surface area contributed by atoms with Crippen molar-refractivity contribution in [1.82, 2.24) is 5.32 Å². The zero-order chi connectivity index (χ0) is 12.8. The van der Waals surface area contributed by atoms with Crippen LogP contribution in [0.2, 0.25) is 0 Å². The van der Waals surface area contributed by atoms with Crippen LogP contribution >= 0.6 is 0 Å². The van der Waals surface area contributed by atoms with E-state index in [1.165, 1.54) is 11.1 Å². The van der Waals surface area contributed by atoms with Gasteiger partial charge in [0.2, 0.25) is 0 Å². The Morgan fingerprint density at radius 1 is 0.778 bits per heavy atom. The molecule has 0 saturated heterocycles. The third-order valence-corrected chi connectivity index (χ3v) is 2.84. The number of hydrogen-bond acceptors (Lipinski definition) is 3. The fraction of sp³-hybridized carbons (Fsp3) is 0.200. The van der Waals surface area contributed by atoms with E-state index in [-0.39, 0.29) is 6.61 Å². The highest BCUT2D eigenvalue weighted by Gasteiger charge is 1.95. The molecule has 0 atom stereocenters. The van der Waals surface area contributed by atoms with Gasteiger partial charge in [0.25, 0.3) is 0 Å². The first-order valence-corrected chi connectivity index (χ1v) is 6.02. The molecular weight excluding hydrogens is 224 g/mol. The molecule has 0 aromatic heterocycles. The fourth-order valence-corrected chi connectivity index (χ4v) is 1.75. The van der Waals surface area contributed by atoms with Crippen LogP contribution in [0, 0.1) is 0 Å². The molecule has 0 aliphatic rings. The number of aliphatic hydroxyl groups is 1. The molecule has 2 aromatic carbocycles. The van der Waals surface area contributed by atoms with E-state index in [4.69, 9.17) is 10.8 Å². The first-order valence-electron chi connectivity index (χ1n) is 6.02. The summed E-state index contributed by atoms with van der Waals surface area (Å²) in [6.45, 7) is 1.73. The van der Waals surface area contributed by atoms with E-state index in [9.17, 15) is 0 Å². The second-order valence-corrected chi connectivity index (χ2v) is 4.32. The average molecular weight is 242 g/mol. The summed E-state index contributed by atoms with van der Waals surface area (Å²) in [5.74, 6) is 0. The van der Waals surface area contributed by atoms with E-state index in [0.29, 0.717) is 0 Å². The van der Waals surface area contributed by atoms with Crippen LogP contribution in [0.25, 0.3) is 0 Å². The van der Waals surface area contributed by atoms with Gasteiger partial charge in [-0.05, 0) is 28.8 Å². The molecule has 2 aromatic rings. The summed E-state index contributed by atoms with van der Waals surface area (Å²) >= 11 is 0. The van der Waals surface area contributed by atoms with E-state index in [1.54, 1.807) is 0 Å². The molecule has 3 heteroatoms. The van der Waals surface area contributed by atoms with Crippen LogP contribution < -0.4 is 11.1 Å². The maximum Gasteiger partial charge on any atom is 0.0681 e. The Labute approximate surface area is 107 Å². The van der Waals surface area contributed by atoms with Crippen molar-refractivity contribution in [3.05, 3.63) is 65.2 Å². The number of benzene rings is 2. The SMILES string of the molecule is Nc1ccc(CNCc2ccc(CO)cc2)cc1. The summed E-state index contributed by atoms with van der Waals surface area (Å²) in [7, 11) is 0. The lowest BCUT2D eigenvalue weighted by atomic mass is 10.1. The molecule has 0 spiro atoms. The van der Waals surface area contributed by atoms with Crippen LogP contribution in [0.3, 0.4) is 0 Å². The van der Waals surface area contributed by atoms with Gasteiger partial charge in [0, 0.05) is 18.8 Å². The third kappa shape index (κ3) is 3.58. The van der Waals surface area contributed by atoms with Gasteiger partial charge in [-0.25, -0.2) is 0 Å². The van der Waals surface area contributed by atoms with Crippen LogP contribution in [0.15, 0.2) is 48.5 Å². The monoisotopic (exact) mass is 242 g/mol. The van der Waals surface area contributed by atoms with Crippen molar-refractivity contribution in [3.63, 3.8) is 0 Å². The molecule has 0 saturated carbocycles. The van der Waals surface area contributed by atoms with Gasteiger partial charge in [0.1, 0.15) is 0 Å². The molecule has 0 amide bonds. The number of nitrogens with two attached hydrogens (primary N) is 1. The molecule has 18 heavy (non-hydrogen) atoms. The summed E-state index contributed by atoms with van der Waals surface area (Å²) in [6, 6.07) is 15.8. The Morgan fingerprint density at radius 2 is 1.22 bits per heavy atom. The third-order valence-electron chi connectivity index (χ3n) is 2.84. The zero-order valence-corrected chi connectivity index (χ0v) is 10.3. The number of anilines is 1. The van der Waals surface area contributed by atoms with Gasteiger partial charge in [-0.15, -0.1) is 0 Å². The van der Waals surface area contributed by atoms with Gasteiger partial charge >= 0.3 is 0 Å². The van der Waals surface area contributed by atoms with Gasteiger partial charge < -0.3 is 16.2 Å². The Bertz CT molecular complexity index is 477. The fourth-order valence-electron chi connectivity index (χ4n) is 1.75. The van der Waals surface area contributed by atoms with Crippen LogP contribution in [-0.4, -0.2) is 5.11 Å². The molecule has 0 bridgehead atoms. The van der Waals surface area contributed by atoms with Crippen LogP contribution in [0.5, 0.6) is 0 Å². The van der Waals surface area contributed by atoms with Crippen molar-refractivity contribution in [1.29, 1.82) is 0 Å². The zero-order valence-electron chi connectivity index (χ0n) is 10.3. The highest BCUT2D eigenvalue weighted by Crippen LogP contribution is 2.07. The lowest BCUT2D eigenvalue weighted by Gasteiger charge is -2.06. The smallest absolute Gasteiger partial charge is 0.0681 e. The van der Waals surface area contributed by atoms with Crippen molar-refractivity contribution < 1.29 is 5.11 Å². The molecule has 2 rings (SSSR count). The Morgan fingerprint density at radius 3 is 1.72 bits per heavy atom. The molecule has 0 unspecified atom stereocenters. The molecule has 94 valence electrons. The largest absolute Gasteiger partial charge is 0.399 e. The van der Waals surface area contributed by atoms with E-state index in [2.05, 4.69) is 5.32 Å². The molecule has 3 nitrogen and oxygen atoms in total. The highest BCUT2D eigenvalue weighted by atomic mass is 16.3. The predicted molar refractivity (Wildman–Crippen MR) is 73.8 cm³/mol. The van der Waals surface area contributed by atoms with Gasteiger partial charge in [-0.3, -0.25) is 0 Å². The predicted octanol–water partition coefficient (Wildman–Crippen LogP) is 2.05. The second kappa shape index (κ2) is 6.19. The number of rotatable bonds is 5. The van der Waals surface area contributed by atoms with E-state index in [0.717, 1.165) is 24.3 Å². The first-order chi connectivity index (χ1) is 8.78. The quantitative estimate of drug-likeness (QED) is 0.703. The van der Waals surface area contributed by atoms with E-state index in [1.807, 2.05) is 48.5 Å². The van der Waals surface area contributed by atoms with Crippen LogP contribution in [-0.2, 0) is 19.7 Å². The first kappa shape index (κ1) is 12.6.